The van der Waals surface area contributed by atoms with Crippen molar-refractivity contribution in [2.24, 2.45) is 5.92 Å². The number of anilines is 1. The highest BCUT2D eigenvalue weighted by atomic mass is 35.5. The van der Waals surface area contributed by atoms with Crippen molar-refractivity contribution in [2.45, 2.75) is 25.3 Å². The zero-order valence-corrected chi connectivity index (χ0v) is 12.6. The quantitative estimate of drug-likeness (QED) is 0.737. The minimum atomic E-state index is -1.34. The molecule has 1 aromatic carbocycles. The normalized spacial score (nSPS) is 17.0. The molecule has 1 aliphatic rings. The van der Waals surface area contributed by atoms with Gasteiger partial charge in [-0.1, -0.05) is 23.2 Å². The Bertz CT molecular complexity index is 584. The topological polar surface area (TPSA) is 78.4 Å². The molecule has 0 bridgehead atoms. The Kier molecular flexibility index (Phi) is 4.30. The third kappa shape index (κ3) is 3.39. The first-order valence-corrected chi connectivity index (χ1v) is 6.96. The molecule has 2 amide bonds. The first-order chi connectivity index (χ1) is 9.74. The summed E-state index contributed by atoms with van der Waals surface area (Å²) in [6, 6.07) is 1.67. The number of benzene rings is 1. The Morgan fingerprint density at radius 3 is 2.29 bits per heavy atom. The van der Waals surface area contributed by atoms with E-state index in [9.17, 15) is 19.1 Å². The van der Waals surface area contributed by atoms with E-state index in [1.165, 1.54) is 19.1 Å². The van der Waals surface area contributed by atoms with Crippen molar-refractivity contribution in [1.82, 2.24) is 5.32 Å². The molecule has 0 saturated heterocycles. The van der Waals surface area contributed by atoms with E-state index in [1.54, 1.807) is 0 Å². The van der Waals surface area contributed by atoms with Crippen molar-refractivity contribution >= 4 is 40.9 Å². The van der Waals surface area contributed by atoms with Crippen molar-refractivity contribution in [2.75, 3.05) is 5.32 Å². The largest absolute Gasteiger partial charge is 0.480 e. The molecule has 5 nitrogen and oxygen atoms in total. The highest BCUT2D eigenvalue weighted by Crippen LogP contribution is 2.39. The molecular weight excluding hydrogens is 322 g/mol. The van der Waals surface area contributed by atoms with Crippen molar-refractivity contribution in [3.05, 3.63) is 28.0 Å². The Labute approximate surface area is 130 Å². The fourth-order valence-electron chi connectivity index (χ4n) is 2.02. The van der Waals surface area contributed by atoms with Gasteiger partial charge in [0.1, 0.15) is 5.54 Å². The zero-order valence-electron chi connectivity index (χ0n) is 11.0. The molecule has 3 N–H and O–H groups in total. The number of urea groups is 1. The van der Waals surface area contributed by atoms with Gasteiger partial charge in [0.05, 0.1) is 10.0 Å². The fraction of sp³-hybridized carbons (Fsp3) is 0.385. The molecule has 0 aliphatic heterocycles. The molecule has 1 unspecified atom stereocenters. The summed E-state index contributed by atoms with van der Waals surface area (Å²) in [4.78, 5) is 23.2. The molecule has 2 rings (SSSR count). The molecule has 1 aliphatic carbocycles. The summed E-state index contributed by atoms with van der Waals surface area (Å²) < 4.78 is 13.3. The summed E-state index contributed by atoms with van der Waals surface area (Å²) in [7, 11) is 0. The zero-order chi connectivity index (χ0) is 15.8. The molecule has 0 aromatic heterocycles. The molecule has 0 radical (unpaired) electrons. The summed E-state index contributed by atoms with van der Waals surface area (Å²) in [5.74, 6) is -1.98. The molecule has 0 heterocycles. The smallest absolute Gasteiger partial charge is 0.329 e. The van der Waals surface area contributed by atoms with Crippen LogP contribution in [-0.4, -0.2) is 22.6 Å². The molecule has 114 valence electrons. The molecule has 1 aromatic rings. The lowest BCUT2D eigenvalue weighted by Gasteiger charge is -2.26. The Morgan fingerprint density at radius 2 is 1.86 bits per heavy atom. The molecule has 21 heavy (non-hydrogen) atoms. The van der Waals surface area contributed by atoms with Gasteiger partial charge in [0.2, 0.25) is 0 Å². The van der Waals surface area contributed by atoms with Crippen LogP contribution in [0.15, 0.2) is 12.1 Å². The predicted octanol–water partition coefficient (Wildman–Crippen LogP) is 3.51. The Hall–Kier alpha value is -1.53. The number of carboxylic acids is 1. The van der Waals surface area contributed by atoms with E-state index in [2.05, 4.69) is 10.6 Å². The van der Waals surface area contributed by atoms with Crippen LogP contribution in [0.5, 0.6) is 0 Å². The maximum absolute atomic E-state index is 13.3. The van der Waals surface area contributed by atoms with Crippen molar-refractivity contribution in [3.63, 3.8) is 0 Å². The van der Waals surface area contributed by atoms with Crippen LogP contribution in [0.4, 0.5) is 14.9 Å². The van der Waals surface area contributed by atoms with Gasteiger partial charge in [0, 0.05) is 5.69 Å². The number of hydrogen-bond donors (Lipinski definition) is 3. The van der Waals surface area contributed by atoms with Gasteiger partial charge in [-0.15, -0.1) is 0 Å². The van der Waals surface area contributed by atoms with E-state index in [-0.39, 0.29) is 21.7 Å². The van der Waals surface area contributed by atoms with Crippen molar-refractivity contribution in [3.8, 4) is 0 Å². The number of carbonyl (C=O) groups excluding carboxylic acids is 1. The standard InChI is InChI=1S/C13H13Cl2FN2O3/c1-13(11(19)20,6-2-3-6)18-12(21)17-7-4-8(14)10(16)9(15)5-7/h4-6H,2-3H2,1H3,(H,19,20)(H2,17,18,21). The lowest BCUT2D eigenvalue weighted by molar-refractivity contribution is -0.144. The third-order valence-corrected chi connectivity index (χ3v) is 4.00. The highest BCUT2D eigenvalue weighted by Gasteiger charge is 2.48. The minimum Gasteiger partial charge on any atom is -0.480 e. The van der Waals surface area contributed by atoms with Gasteiger partial charge in [-0.3, -0.25) is 0 Å². The molecule has 1 atom stereocenters. The van der Waals surface area contributed by atoms with Crippen LogP contribution in [0.3, 0.4) is 0 Å². The number of aliphatic carboxylic acids is 1. The predicted molar refractivity (Wildman–Crippen MR) is 77.3 cm³/mol. The second-order valence-electron chi connectivity index (χ2n) is 5.11. The van der Waals surface area contributed by atoms with Crippen LogP contribution in [0.25, 0.3) is 0 Å². The minimum absolute atomic E-state index is 0.0962. The Balaban J connectivity index is 2.10. The van der Waals surface area contributed by atoms with Crippen LogP contribution in [0.2, 0.25) is 10.0 Å². The van der Waals surface area contributed by atoms with E-state index < -0.39 is 23.4 Å². The second-order valence-corrected chi connectivity index (χ2v) is 5.93. The second kappa shape index (κ2) is 5.69. The maximum atomic E-state index is 13.3. The summed E-state index contributed by atoms with van der Waals surface area (Å²) in [6.45, 7) is 1.46. The number of carbonyl (C=O) groups is 2. The van der Waals surface area contributed by atoms with Crippen LogP contribution in [0.1, 0.15) is 19.8 Å². The number of amides is 2. The number of halogens is 3. The number of carboxylic acid groups (broad SMARTS) is 1. The van der Waals surface area contributed by atoms with Crippen LogP contribution in [-0.2, 0) is 4.79 Å². The third-order valence-electron chi connectivity index (χ3n) is 3.45. The lowest BCUT2D eigenvalue weighted by atomic mass is 9.96. The molecule has 0 spiro atoms. The SMILES string of the molecule is CC(NC(=O)Nc1cc(Cl)c(F)c(Cl)c1)(C(=O)O)C1CC1. The van der Waals surface area contributed by atoms with Crippen LogP contribution in [0, 0.1) is 11.7 Å². The van der Waals surface area contributed by atoms with Gasteiger partial charge >= 0.3 is 12.0 Å². The average molecular weight is 335 g/mol. The van der Waals surface area contributed by atoms with Gasteiger partial charge in [-0.25, -0.2) is 14.0 Å². The van der Waals surface area contributed by atoms with Gasteiger partial charge < -0.3 is 15.7 Å². The van der Waals surface area contributed by atoms with Gasteiger partial charge in [0.25, 0.3) is 0 Å². The van der Waals surface area contributed by atoms with E-state index in [0.717, 1.165) is 12.8 Å². The van der Waals surface area contributed by atoms with Gasteiger partial charge in [-0.05, 0) is 37.8 Å². The molecule has 1 saturated carbocycles. The van der Waals surface area contributed by atoms with E-state index in [0.29, 0.717) is 0 Å². The molecular formula is C13H13Cl2FN2O3. The highest BCUT2D eigenvalue weighted by molar-refractivity contribution is 6.35. The summed E-state index contributed by atoms with van der Waals surface area (Å²) in [6.07, 6.45) is 1.49. The van der Waals surface area contributed by atoms with E-state index >= 15 is 0 Å². The fourth-order valence-corrected chi connectivity index (χ4v) is 2.50. The first kappa shape index (κ1) is 15.9. The van der Waals surface area contributed by atoms with E-state index in [4.69, 9.17) is 23.2 Å². The number of nitrogens with one attached hydrogen (secondary N) is 2. The monoisotopic (exact) mass is 334 g/mol. The lowest BCUT2D eigenvalue weighted by Crippen LogP contribution is -2.55. The van der Waals surface area contributed by atoms with Crippen LogP contribution < -0.4 is 10.6 Å². The summed E-state index contributed by atoms with van der Waals surface area (Å²) in [5.41, 5.74) is -1.16. The maximum Gasteiger partial charge on any atom is 0.329 e. The van der Waals surface area contributed by atoms with Crippen molar-refractivity contribution in [1.29, 1.82) is 0 Å². The Morgan fingerprint density at radius 1 is 1.33 bits per heavy atom. The first-order valence-electron chi connectivity index (χ1n) is 6.21. The average Bonchev–Trinajstić information content (AvgIpc) is 3.19. The summed E-state index contributed by atoms with van der Waals surface area (Å²) >= 11 is 11.2. The molecule has 1 fully saturated rings. The van der Waals surface area contributed by atoms with Crippen LogP contribution >= 0.6 is 23.2 Å². The molecule has 8 heteroatoms. The van der Waals surface area contributed by atoms with Crippen molar-refractivity contribution < 1.29 is 19.1 Å². The van der Waals surface area contributed by atoms with Gasteiger partial charge in [0.15, 0.2) is 5.82 Å². The number of rotatable bonds is 4. The summed E-state index contributed by atoms with van der Waals surface area (Å²) in [5, 5.41) is 13.6. The number of hydrogen-bond acceptors (Lipinski definition) is 2. The van der Waals surface area contributed by atoms with Gasteiger partial charge in [-0.2, -0.15) is 0 Å². The van der Waals surface area contributed by atoms with E-state index in [1.807, 2.05) is 0 Å².